The van der Waals surface area contributed by atoms with E-state index in [4.69, 9.17) is 4.52 Å². The molecule has 3 heterocycles. The minimum absolute atomic E-state index is 0.883. The molecule has 0 amide bonds. The minimum Gasteiger partial charge on any atom is -0.360 e. The summed E-state index contributed by atoms with van der Waals surface area (Å²) < 4.78 is 5.28. The first-order chi connectivity index (χ1) is 9.29. The molecule has 102 valence electrons. The molecule has 1 fully saturated rings. The first-order valence-electron chi connectivity index (χ1n) is 6.69. The summed E-state index contributed by atoms with van der Waals surface area (Å²) in [6, 6.07) is 6.37. The SMILES string of the molecule is Cc1cc(CN2CCN(Cc3cccs3)CC2)on1. The van der Waals surface area contributed by atoms with Crippen molar-refractivity contribution in [2.75, 3.05) is 26.2 Å². The van der Waals surface area contributed by atoms with Gasteiger partial charge in [-0.3, -0.25) is 9.80 Å². The van der Waals surface area contributed by atoms with Gasteiger partial charge in [-0.25, -0.2) is 0 Å². The number of aryl methyl sites for hydroxylation is 1. The maximum Gasteiger partial charge on any atom is 0.150 e. The lowest BCUT2D eigenvalue weighted by Crippen LogP contribution is -2.45. The quantitative estimate of drug-likeness (QED) is 0.859. The molecule has 2 aromatic heterocycles. The predicted octanol–water partition coefficient (Wildman–Crippen LogP) is 2.36. The van der Waals surface area contributed by atoms with Gasteiger partial charge in [-0.1, -0.05) is 11.2 Å². The van der Waals surface area contributed by atoms with Crippen molar-refractivity contribution in [3.63, 3.8) is 0 Å². The van der Waals surface area contributed by atoms with Crippen LogP contribution >= 0.6 is 11.3 Å². The summed E-state index contributed by atoms with van der Waals surface area (Å²) in [5.41, 5.74) is 0.964. The van der Waals surface area contributed by atoms with Crippen molar-refractivity contribution in [2.45, 2.75) is 20.0 Å². The van der Waals surface area contributed by atoms with Crippen LogP contribution in [-0.4, -0.2) is 41.1 Å². The van der Waals surface area contributed by atoms with Crippen LogP contribution in [0.3, 0.4) is 0 Å². The summed E-state index contributed by atoms with van der Waals surface area (Å²) in [5, 5.41) is 6.09. The van der Waals surface area contributed by atoms with Crippen LogP contribution in [0.25, 0.3) is 0 Å². The second-order valence-corrected chi connectivity index (χ2v) is 6.10. The minimum atomic E-state index is 0.883. The zero-order valence-electron chi connectivity index (χ0n) is 11.2. The molecule has 0 aliphatic carbocycles. The number of piperazine rings is 1. The summed E-state index contributed by atoms with van der Waals surface area (Å²) in [6.07, 6.45) is 0. The molecule has 4 nitrogen and oxygen atoms in total. The van der Waals surface area contributed by atoms with Gasteiger partial charge < -0.3 is 4.52 Å². The molecule has 0 unspecified atom stereocenters. The van der Waals surface area contributed by atoms with Gasteiger partial charge in [0, 0.05) is 43.7 Å². The number of nitrogens with zero attached hydrogens (tertiary/aromatic N) is 3. The molecule has 0 saturated carbocycles. The van der Waals surface area contributed by atoms with Crippen LogP contribution in [0, 0.1) is 6.92 Å². The van der Waals surface area contributed by atoms with Crippen molar-refractivity contribution in [2.24, 2.45) is 0 Å². The highest BCUT2D eigenvalue weighted by atomic mass is 32.1. The first-order valence-corrected chi connectivity index (χ1v) is 7.57. The van der Waals surface area contributed by atoms with Gasteiger partial charge in [0.05, 0.1) is 12.2 Å². The first kappa shape index (κ1) is 12.8. The summed E-state index contributed by atoms with van der Waals surface area (Å²) in [5.74, 6) is 0.976. The van der Waals surface area contributed by atoms with Crippen LogP contribution in [0.4, 0.5) is 0 Å². The molecule has 5 heteroatoms. The van der Waals surface area contributed by atoms with Crippen molar-refractivity contribution >= 4 is 11.3 Å². The van der Waals surface area contributed by atoms with E-state index in [1.807, 2.05) is 24.3 Å². The number of aromatic nitrogens is 1. The van der Waals surface area contributed by atoms with Gasteiger partial charge in [0.25, 0.3) is 0 Å². The van der Waals surface area contributed by atoms with Crippen molar-refractivity contribution in [3.8, 4) is 0 Å². The Bertz CT molecular complexity index is 501. The number of hydrogen-bond acceptors (Lipinski definition) is 5. The molecule has 19 heavy (non-hydrogen) atoms. The fourth-order valence-corrected chi connectivity index (χ4v) is 3.19. The number of thiophene rings is 1. The largest absolute Gasteiger partial charge is 0.360 e. The average molecular weight is 277 g/mol. The second kappa shape index (κ2) is 5.86. The molecule has 1 aliphatic heterocycles. The van der Waals surface area contributed by atoms with E-state index in [0.717, 1.165) is 50.7 Å². The van der Waals surface area contributed by atoms with Crippen molar-refractivity contribution in [1.82, 2.24) is 15.0 Å². The molecular weight excluding hydrogens is 258 g/mol. The fourth-order valence-electron chi connectivity index (χ4n) is 2.44. The van der Waals surface area contributed by atoms with Gasteiger partial charge in [-0.15, -0.1) is 11.3 Å². The molecular formula is C14H19N3OS. The predicted molar refractivity (Wildman–Crippen MR) is 76.1 cm³/mol. The third kappa shape index (κ3) is 3.43. The average Bonchev–Trinajstić information content (AvgIpc) is 3.04. The zero-order chi connectivity index (χ0) is 13.1. The number of rotatable bonds is 4. The van der Waals surface area contributed by atoms with E-state index in [1.54, 1.807) is 0 Å². The molecule has 0 atom stereocenters. The molecule has 2 aromatic rings. The standard InChI is InChI=1S/C14H19N3OS/c1-12-9-13(18-15-12)10-16-4-6-17(7-5-16)11-14-3-2-8-19-14/h2-3,8-9H,4-7,10-11H2,1H3. The maximum absolute atomic E-state index is 5.28. The van der Waals surface area contributed by atoms with E-state index in [1.165, 1.54) is 4.88 Å². The Labute approximate surface area is 117 Å². The van der Waals surface area contributed by atoms with Gasteiger partial charge in [0.1, 0.15) is 0 Å². The topological polar surface area (TPSA) is 32.5 Å². The van der Waals surface area contributed by atoms with Gasteiger partial charge in [0.15, 0.2) is 5.76 Å². The molecule has 0 bridgehead atoms. The van der Waals surface area contributed by atoms with Crippen molar-refractivity contribution < 1.29 is 4.52 Å². The molecule has 0 radical (unpaired) electrons. The van der Waals surface area contributed by atoms with E-state index in [0.29, 0.717) is 0 Å². The van der Waals surface area contributed by atoms with Crippen LogP contribution in [0.15, 0.2) is 28.1 Å². The van der Waals surface area contributed by atoms with Crippen molar-refractivity contribution in [1.29, 1.82) is 0 Å². The molecule has 3 rings (SSSR count). The molecule has 1 saturated heterocycles. The Balaban J connectivity index is 1.46. The summed E-state index contributed by atoms with van der Waals surface area (Å²) >= 11 is 1.84. The maximum atomic E-state index is 5.28. The zero-order valence-corrected chi connectivity index (χ0v) is 12.0. The van der Waals surface area contributed by atoms with Crippen LogP contribution < -0.4 is 0 Å². The van der Waals surface area contributed by atoms with E-state index < -0.39 is 0 Å². The number of hydrogen-bond donors (Lipinski definition) is 0. The highest BCUT2D eigenvalue weighted by molar-refractivity contribution is 7.09. The lowest BCUT2D eigenvalue weighted by atomic mass is 10.2. The molecule has 0 aromatic carbocycles. The van der Waals surface area contributed by atoms with Crippen LogP contribution in [-0.2, 0) is 13.1 Å². The Morgan fingerprint density at radius 2 is 1.95 bits per heavy atom. The normalized spacial score (nSPS) is 17.9. The fraction of sp³-hybridized carbons (Fsp3) is 0.500. The molecule has 0 N–H and O–H groups in total. The monoisotopic (exact) mass is 277 g/mol. The Hall–Kier alpha value is -1.17. The van der Waals surface area contributed by atoms with Crippen LogP contribution in [0.1, 0.15) is 16.3 Å². The van der Waals surface area contributed by atoms with E-state index in [-0.39, 0.29) is 0 Å². The smallest absolute Gasteiger partial charge is 0.150 e. The van der Waals surface area contributed by atoms with E-state index in [2.05, 4.69) is 32.5 Å². The van der Waals surface area contributed by atoms with Gasteiger partial charge in [-0.05, 0) is 18.4 Å². The highest BCUT2D eigenvalue weighted by Crippen LogP contribution is 2.15. The van der Waals surface area contributed by atoms with Gasteiger partial charge >= 0.3 is 0 Å². The summed E-state index contributed by atoms with van der Waals surface area (Å²) in [7, 11) is 0. The summed E-state index contributed by atoms with van der Waals surface area (Å²) in [4.78, 5) is 6.41. The van der Waals surface area contributed by atoms with Crippen LogP contribution in [0.2, 0.25) is 0 Å². The Morgan fingerprint density at radius 3 is 2.53 bits per heavy atom. The Kier molecular flexibility index (Phi) is 3.96. The van der Waals surface area contributed by atoms with Crippen LogP contribution in [0.5, 0.6) is 0 Å². The Morgan fingerprint density at radius 1 is 1.21 bits per heavy atom. The van der Waals surface area contributed by atoms with E-state index in [9.17, 15) is 0 Å². The lowest BCUT2D eigenvalue weighted by Gasteiger charge is -2.33. The third-order valence-electron chi connectivity index (χ3n) is 3.48. The lowest BCUT2D eigenvalue weighted by molar-refractivity contribution is 0.114. The van der Waals surface area contributed by atoms with Gasteiger partial charge in [0.2, 0.25) is 0 Å². The second-order valence-electron chi connectivity index (χ2n) is 5.07. The van der Waals surface area contributed by atoms with E-state index >= 15 is 0 Å². The third-order valence-corrected chi connectivity index (χ3v) is 4.34. The highest BCUT2D eigenvalue weighted by Gasteiger charge is 2.18. The molecule has 1 aliphatic rings. The summed E-state index contributed by atoms with van der Waals surface area (Å²) in [6.45, 7) is 8.40. The molecule has 0 spiro atoms. The van der Waals surface area contributed by atoms with Crippen molar-refractivity contribution in [3.05, 3.63) is 39.9 Å². The van der Waals surface area contributed by atoms with Gasteiger partial charge in [-0.2, -0.15) is 0 Å².